The van der Waals surface area contributed by atoms with Crippen LogP contribution in [0.15, 0.2) is 30.3 Å². The maximum atomic E-state index is 8.71. The summed E-state index contributed by atoms with van der Waals surface area (Å²) in [5.74, 6) is 1.55. The largest absolute Gasteiger partial charge is 0.497 e. The first-order valence-corrected chi connectivity index (χ1v) is 5.13. The number of pyridine rings is 1. The predicted molar refractivity (Wildman–Crippen MR) is 63.9 cm³/mol. The standard InChI is InChI=1S/C12H14N2O2/c1-16-10-4-2-9-3-5-12(13-6-7-15)14-11(9)8-10/h2-5,8,15H,6-7H2,1H3,(H,13,14). The molecule has 16 heavy (non-hydrogen) atoms. The van der Waals surface area contributed by atoms with E-state index in [9.17, 15) is 0 Å². The number of aromatic nitrogens is 1. The van der Waals surface area contributed by atoms with Gasteiger partial charge in [-0.2, -0.15) is 0 Å². The van der Waals surface area contributed by atoms with Crippen molar-refractivity contribution in [3.05, 3.63) is 30.3 Å². The second-order valence-corrected chi connectivity index (χ2v) is 3.41. The van der Waals surface area contributed by atoms with Gasteiger partial charge in [0, 0.05) is 18.0 Å². The van der Waals surface area contributed by atoms with Crippen LogP contribution in [-0.2, 0) is 0 Å². The fourth-order valence-corrected chi connectivity index (χ4v) is 1.51. The zero-order chi connectivity index (χ0) is 11.4. The molecule has 0 fully saturated rings. The van der Waals surface area contributed by atoms with Crippen LogP contribution < -0.4 is 10.1 Å². The first-order chi connectivity index (χ1) is 7.83. The van der Waals surface area contributed by atoms with Crippen LogP contribution in [0, 0.1) is 0 Å². The highest BCUT2D eigenvalue weighted by Gasteiger charge is 1.99. The third-order valence-corrected chi connectivity index (χ3v) is 2.32. The van der Waals surface area contributed by atoms with Crippen LogP contribution in [0.2, 0.25) is 0 Å². The van der Waals surface area contributed by atoms with E-state index in [1.807, 2.05) is 30.3 Å². The average Bonchev–Trinajstić information content (AvgIpc) is 2.35. The maximum Gasteiger partial charge on any atom is 0.126 e. The first-order valence-electron chi connectivity index (χ1n) is 5.13. The molecule has 1 aromatic heterocycles. The summed E-state index contributed by atoms with van der Waals surface area (Å²) in [4.78, 5) is 4.42. The highest BCUT2D eigenvalue weighted by atomic mass is 16.5. The van der Waals surface area contributed by atoms with E-state index in [0.717, 1.165) is 22.5 Å². The second kappa shape index (κ2) is 4.81. The Morgan fingerprint density at radius 1 is 1.31 bits per heavy atom. The molecule has 2 rings (SSSR count). The zero-order valence-electron chi connectivity index (χ0n) is 9.10. The van der Waals surface area contributed by atoms with Crippen LogP contribution in [0.1, 0.15) is 0 Å². The number of benzene rings is 1. The lowest BCUT2D eigenvalue weighted by Crippen LogP contribution is -2.06. The Hall–Kier alpha value is -1.81. The summed E-state index contributed by atoms with van der Waals surface area (Å²) in [6, 6.07) is 9.65. The van der Waals surface area contributed by atoms with Gasteiger partial charge in [0.1, 0.15) is 11.6 Å². The van der Waals surface area contributed by atoms with Gasteiger partial charge in [0.2, 0.25) is 0 Å². The van der Waals surface area contributed by atoms with Crippen molar-refractivity contribution in [2.75, 3.05) is 25.6 Å². The number of aliphatic hydroxyl groups excluding tert-OH is 1. The third-order valence-electron chi connectivity index (χ3n) is 2.32. The van der Waals surface area contributed by atoms with Gasteiger partial charge in [-0.05, 0) is 24.3 Å². The van der Waals surface area contributed by atoms with Crippen LogP contribution in [0.3, 0.4) is 0 Å². The summed E-state index contributed by atoms with van der Waals surface area (Å²) < 4.78 is 5.14. The molecule has 0 bridgehead atoms. The van der Waals surface area contributed by atoms with E-state index in [1.165, 1.54) is 0 Å². The van der Waals surface area contributed by atoms with Gasteiger partial charge in [0.15, 0.2) is 0 Å². The molecule has 2 aromatic rings. The van der Waals surface area contributed by atoms with E-state index in [1.54, 1.807) is 7.11 Å². The van der Waals surface area contributed by atoms with Crippen LogP contribution in [-0.4, -0.2) is 30.4 Å². The molecule has 0 saturated carbocycles. The SMILES string of the molecule is COc1ccc2ccc(NCCO)nc2c1. The summed E-state index contributed by atoms with van der Waals surface area (Å²) in [6.45, 7) is 0.598. The van der Waals surface area contributed by atoms with Crippen molar-refractivity contribution in [1.82, 2.24) is 4.98 Å². The number of methoxy groups -OCH3 is 1. The minimum Gasteiger partial charge on any atom is -0.497 e. The molecule has 84 valence electrons. The van der Waals surface area contributed by atoms with Crippen LogP contribution in [0.4, 0.5) is 5.82 Å². The van der Waals surface area contributed by atoms with Crippen molar-refractivity contribution in [1.29, 1.82) is 0 Å². The second-order valence-electron chi connectivity index (χ2n) is 3.41. The van der Waals surface area contributed by atoms with E-state index >= 15 is 0 Å². The monoisotopic (exact) mass is 218 g/mol. The van der Waals surface area contributed by atoms with Gasteiger partial charge in [-0.1, -0.05) is 0 Å². The van der Waals surface area contributed by atoms with Gasteiger partial charge in [-0.25, -0.2) is 4.98 Å². The summed E-state index contributed by atoms with van der Waals surface area (Å²) in [5.41, 5.74) is 0.877. The molecule has 4 heteroatoms. The van der Waals surface area contributed by atoms with E-state index in [-0.39, 0.29) is 6.61 Å². The smallest absolute Gasteiger partial charge is 0.126 e. The zero-order valence-corrected chi connectivity index (χ0v) is 9.10. The molecule has 0 aliphatic rings. The predicted octanol–water partition coefficient (Wildman–Crippen LogP) is 1.65. The third kappa shape index (κ3) is 2.23. The number of rotatable bonds is 4. The van der Waals surface area contributed by atoms with Crippen molar-refractivity contribution in [2.45, 2.75) is 0 Å². The molecule has 0 amide bonds. The summed E-state index contributed by atoms with van der Waals surface area (Å²) >= 11 is 0. The molecule has 0 atom stereocenters. The molecular formula is C12H14N2O2. The van der Waals surface area contributed by atoms with E-state index in [4.69, 9.17) is 9.84 Å². The van der Waals surface area contributed by atoms with Crippen LogP contribution >= 0.6 is 0 Å². The van der Waals surface area contributed by atoms with Crippen LogP contribution in [0.25, 0.3) is 10.9 Å². The maximum absolute atomic E-state index is 8.71. The van der Waals surface area contributed by atoms with Gasteiger partial charge in [-0.15, -0.1) is 0 Å². The Morgan fingerprint density at radius 3 is 2.88 bits per heavy atom. The Morgan fingerprint density at radius 2 is 2.12 bits per heavy atom. The van der Waals surface area contributed by atoms with Crippen molar-refractivity contribution in [2.24, 2.45) is 0 Å². The van der Waals surface area contributed by atoms with Gasteiger partial charge in [0.25, 0.3) is 0 Å². The topological polar surface area (TPSA) is 54.4 Å². The average molecular weight is 218 g/mol. The molecule has 4 nitrogen and oxygen atoms in total. The number of ether oxygens (including phenoxy) is 1. The van der Waals surface area contributed by atoms with Crippen molar-refractivity contribution in [3.63, 3.8) is 0 Å². The number of fused-ring (bicyclic) bond motifs is 1. The number of nitrogens with one attached hydrogen (secondary N) is 1. The highest BCUT2D eigenvalue weighted by molar-refractivity contribution is 5.81. The number of hydrogen-bond acceptors (Lipinski definition) is 4. The van der Waals surface area contributed by atoms with Gasteiger partial charge >= 0.3 is 0 Å². The van der Waals surface area contributed by atoms with Gasteiger partial charge in [0.05, 0.1) is 19.2 Å². The number of aliphatic hydroxyl groups is 1. The minimum atomic E-state index is 0.0951. The Kier molecular flexibility index (Phi) is 3.22. The minimum absolute atomic E-state index is 0.0951. The molecule has 0 saturated heterocycles. The van der Waals surface area contributed by atoms with E-state index in [0.29, 0.717) is 6.54 Å². The number of nitrogens with zero attached hydrogens (tertiary/aromatic N) is 1. The lowest BCUT2D eigenvalue weighted by atomic mass is 10.2. The Bertz CT molecular complexity index is 485. The molecule has 0 unspecified atom stereocenters. The van der Waals surface area contributed by atoms with Crippen molar-refractivity contribution < 1.29 is 9.84 Å². The quantitative estimate of drug-likeness (QED) is 0.819. The highest BCUT2D eigenvalue weighted by Crippen LogP contribution is 2.20. The number of anilines is 1. The molecular weight excluding hydrogens is 204 g/mol. The molecule has 0 radical (unpaired) electrons. The molecule has 2 N–H and O–H groups in total. The van der Waals surface area contributed by atoms with E-state index < -0.39 is 0 Å². The van der Waals surface area contributed by atoms with Crippen molar-refractivity contribution in [3.8, 4) is 5.75 Å². The van der Waals surface area contributed by atoms with Gasteiger partial charge < -0.3 is 15.2 Å². The fraction of sp³-hybridized carbons (Fsp3) is 0.250. The Labute approximate surface area is 93.9 Å². The Balaban J connectivity index is 2.35. The molecule has 1 aromatic carbocycles. The number of hydrogen-bond donors (Lipinski definition) is 2. The normalized spacial score (nSPS) is 10.4. The lowest BCUT2D eigenvalue weighted by Gasteiger charge is -2.06. The fourth-order valence-electron chi connectivity index (χ4n) is 1.51. The summed E-state index contributed by atoms with van der Waals surface area (Å²) in [6.07, 6.45) is 0. The molecule has 0 spiro atoms. The van der Waals surface area contributed by atoms with Crippen molar-refractivity contribution >= 4 is 16.7 Å². The molecule has 1 heterocycles. The first kappa shape index (κ1) is 10.7. The molecule has 0 aliphatic carbocycles. The molecule has 0 aliphatic heterocycles. The van der Waals surface area contributed by atoms with Gasteiger partial charge in [-0.3, -0.25) is 0 Å². The van der Waals surface area contributed by atoms with Crippen LogP contribution in [0.5, 0.6) is 5.75 Å². The van der Waals surface area contributed by atoms with E-state index in [2.05, 4.69) is 10.3 Å². The summed E-state index contributed by atoms with van der Waals surface area (Å²) in [5, 5.41) is 12.8. The lowest BCUT2D eigenvalue weighted by molar-refractivity contribution is 0.311. The summed E-state index contributed by atoms with van der Waals surface area (Å²) in [7, 11) is 1.63.